The molecule has 0 amide bonds. The molecule has 0 atom stereocenters. The van der Waals surface area contributed by atoms with Gasteiger partial charge in [0.1, 0.15) is 11.6 Å². The maximum Gasteiger partial charge on any atom is 0.123 e. The molecule has 3 heteroatoms. The van der Waals surface area contributed by atoms with E-state index < -0.39 is 0 Å². The van der Waals surface area contributed by atoms with Crippen molar-refractivity contribution in [3.63, 3.8) is 0 Å². The zero-order valence-corrected chi connectivity index (χ0v) is 10.6. The molecule has 0 unspecified atom stereocenters. The number of hydrogen-bond donors (Lipinski definition) is 1. The third-order valence-electron chi connectivity index (χ3n) is 2.94. The van der Waals surface area contributed by atoms with Gasteiger partial charge in [0.2, 0.25) is 0 Å². The highest BCUT2D eigenvalue weighted by molar-refractivity contribution is 5.32. The van der Waals surface area contributed by atoms with Gasteiger partial charge in [-0.1, -0.05) is 12.1 Å². The molecule has 94 valence electrons. The summed E-state index contributed by atoms with van der Waals surface area (Å²) in [5.41, 5.74) is 8.23. The Balaban J connectivity index is 1.84. The Morgan fingerprint density at radius 3 is 2.44 bits per heavy atom. The van der Waals surface area contributed by atoms with E-state index in [1.807, 2.05) is 24.3 Å². The van der Waals surface area contributed by atoms with Gasteiger partial charge in [0.25, 0.3) is 0 Å². The Morgan fingerprint density at radius 2 is 1.78 bits per heavy atom. The van der Waals surface area contributed by atoms with Crippen molar-refractivity contribution < 1.29 is 4.74 Å². The molecule has 2 aromatic rings. The van der Waals surface area contributed by atoms with Crippen LogP contribution < -0.4 is 10.5 Å². The molecule has 0 aliphatic rings. The van der Waals surface area contributed by atoms with Gasteiger partial charge >= 0.3 is 0 Å². The van der Waals surface area contributed by atoms with Crippen LogP contribution in [-0.4, -0.2) is 12.1 Å². The van der Waals surface area contributed by atoms with Crippen molar-refractivity contribution in [3.8, 4) is 5.75 Å². The first kappa shape index (κ1) is 12.4. The lowest BCUT2D eigenvalue weighted by molar-refractivity contribution is 0.414. The van der Waals surface area contributed by atoms with Gasteiger partial charge in [-0.2, -0.15) is 0 Å². The number of pyridine rings is 1. The number of rotatable bonds is 5. The van der Waals surface area contributed by atoms with Crippen molar-refractivity contribution in [1.82, 2.24) is 4.98 Å². The molecule has 0 aliphatic carbocycles. The van der Waals surface area contributed by atoms with Gasteiger partial charge < -0.3 is 10.5 Å². The normalized spacial score (nSPS) is 10.3. The molecule has 0 saturated heterocycles. The highest BCUT2D eigenvalue weighted by atomic mass is 16.5. The van der Waals surface area contributed by atoms with E-state index in [1.165, 1.54) is 11.1 Å². The molecule has 1 heterocycles. The minimum Gasteiger partial charge on any atom is -0.497 e. The molecule has 1 aromatic carbocycles. The van der Waals surface area contributed by atoms with Crippen LogP contribution in [0.5, 0.6) is 5.75 Å². The molecule has 2 rings (SSSR count). The largest absolute Gasteiger partial charge is 0.497 e. The van der Waals surface area contributed by atoms with E-state index in [0.717, 1.165) is 25.0 Å². The zero-order valence-electron chi connectivity index (χ0n) is 10.6. The van der Waals surface area contributed by atoms with Gasteiger partial charge in [0.05, 0.1) is 7.11 Å². The molecule has 3 nitrogen and oxygen atoms in total. The van der Waals surface area contributed by atoms with E-state index in [2.05, 4.69) is 17.1 Å². The smallest absolute Gasteiger partial charge is 0.123 e. The number of aromatic nitrogens is 1. The maximum atomic E-state index is 5.65. The summed E-state index contributed by atoms with van der Waals surface area (Å²) in [4.78, 5) is 3.99. The quantitative estimate of drug-likeness (QED) is 0.877. The number of nitrogens with two attached hydrogens (primary N) is 1. The van der Waals surface area contributed by atoms with Crippen molar-refractivity contribution in [3.05, 3.63) is 53.7 Å². The second-order valence-electron chi connectivity index (χ2n) is 4.29. The first-order valence-corrected chi connectivity index (χ1v) is 6.11. The second-order valence-corrected chi connectivity index (χ2v) is 4.29. The minimum atomic E-state index is 0.594. The SMILES string of the molecule is COc1ccc(CCCc2ccnc(N)c2)cc1. The summed E-state index contributed by atoms with van der Waals surface area (Å²) in [5, 5.41) is 0. The average Bonchev–Trinajstić information content (AvgIpc) is 2.40. The monoisotopic (exact) mass is 242 g/mol. The molecule has 1 aromatic heterocycles. The summed E-state index contributed by atoms with van der Waals surface area (Å²) in [7, 11) is 1.68. The lowest BCUT2D eigenvalue weighted by Gasteiger charge is -2.04. The van der Waals surface area contributed by atoms with Crippen molar-refractivity contribution in [2.75, 3.05) is 12.8 Å². The summed E-state index contributed by atoms with van der Waals surface area (Å²) in [6.45, 7) is 0. The summed E-state index contributed by atoms with van der Waals surface area (Å²) >= 11 is 0. The molecule has 0 aliphatic heterocycles. The molecule has 0 radical (unpaired) electrons. The van der Waals surface area contributed by atoms with Gasteiger partial charge in [-0.3, -0.25) is 0 Å². The van der Waals surface area contributed by atoms with Crippen molar-refractivity contribution in [2.24, 2.45) is 0 Å². The Morgan fingerprint density at radius 1 is 1.06 bits per heavy atom. The van der Waals surface area contributed by atoms with E-state index in [9.17, 15) is 0 Å². The van der Waals surface area contributed by atoms with Gasteiger partial charge in [-0.25, -0.2) is 4.98 Å². The Kier molecular flexibility index (Phi) is 4.18. The van der Waals surface area contributed by atoms with Crippen molar-refractivity contribution in [2.45, 2.75) is 19.3 Å². The average molecular weight is 242 g/mol. The molecule has 0 fully saturated rings. The summed E-state index contributed by atoms with van der Waals surface area (Å²) < 4.78 is 5.14. The second kappa shape index (κ2) is 6.05. The third-order valence-corrected chi connectivity index (χ3v) is 2.94. The van der Waals surface area contributed by atoms with E-state index in [0.29, 0.717) is 5.82 Å². The summed E-state index contributed by atoms with van der Waals surface area (Å²) in [6, 6.07) is 12.2. The standard InChI is InChI=1S/C15H18N2O/c1-18-14-7-5-12(6-8-14)3-2-4-13-9-10-17-15(16)11-13/h5-11H,2-4H2,1H3,(H2,16,17). The molecule has 0 spiro atoms. The predicted molar refractivity (Wildman–Crippen MR) is 73.7 cm³/mol. The van der Waals surface area contributed by atoms with Crippen LogP contribution in [0.15, 0.2) is 42.6 Å². The van der Waals surface area contributed by atoms with Gasteiger partial charge in [-0.15, -0.1) is 0 Å². The van der Waals surface area contributed by atoms with Crippen molar-refractivity contribution in [1.29, 1.82) is 0 Å². The van der Waals surface area contributed by atoms with Crippen LogP contribution in [0.25, 0.3) is 0 Å². The lowest BCUT2D eigenvalue weighted by Crippen LogP contribution is -1.94. The maximum absolute atomic E-state index is 5.65. The van der Waals surface area contributed by atoms with Crippen molar-refractivity contribution >= 4 is 5.82 Å². The van der Waals surface area contributed by atoms with E-state index in [4.69, 9.17) is 10.5 Å². The Labute approximate surface area is 108 Å². The Bertz CT molecular complexity index is 494. The van der Waals surface area contributed by atoms with Gasteiger partial charge in [0, 0.05) is 6.20 Å². The van der Waals surface area contributed by atoms with Crippen LogP contribution in [0, 0.1) is 0 Å². The number of nitrogen functional groups attached to an aromatic ring is 1. The molecule has 0 bridgehead atoms. The van der Waals surface area contributed by atoms with E-state index >= 15 is 0 Å². The molecular weight excluding hydrogens is 224 g/mol. The summed E-state index contributed by atoms with van der Waals surface area (Å²) in [5.74, 6) is 1.50. The zero-order chi connectivity index (χ0) is 12.8. The number of hydrogen-bond acceptors (Lipinski definition) is 3. The van der Waals surface area contributed by atoms with E-state index in [-0.39, 0.29) is 0 Å². The molecule has 2 N–H and O–H groups in total. The number of ether oxygens (including phenoxy) is 1. The fourth-order valence-electron chi connectivity index (χ4n) is 1.94. The third kappa shape index (κ3) is 3.48. The molecule has 18 heavy (non-hydrogen) atoms. The predicted octanol–water partition coefficient (Wildman–Crippen LogP) is 2.85. The number of aryl methyl sites for hydroxylation is 2. The highest BCUT2D eigenvalue weighted by Gasteiger charge is 1.97. The number of benzene rings is 1. The van der Waals surface area contributed by atoms with Crippen LogP contribution in [-0.2, 0) is 12.8 Å². The number of nitrogens with zero attached hydrogens (tertiary/aromatic N) is 1. The van der Waals surface area contributed by atoms with Gasteiger partial charge in [0.15, 0.2) is 0 Å². The number of methoxy groups -OCH3 is 1. The molecule has 0 saturated carbocycles. The van der Waals surface area contributed by atoms with Crippen LogP contribution in [0.4, 0.5) is 5.82 Å². The summed E-state index contributed by atoms with van der Waals surface area (Å²) in [6.07, 6.45) is 4.96. The van der Waals surface area contributed by atoms with Crippen LogP contribution in [0.3, 0.4) is 0 Å². The van der Waals surface area contributed by atoms with Crippen LogP contribution in [0.2, 0.25) is 0 Å². The fraction of sp³-hybridized carbons (Fsp3) is 0.267. The van der Waals surface area contributed by atoms with E-state index in [1.54, 1.807) is 13.3 Å². The topological polar surface area (TPSA) is 48.1 Å². The Hall–Kier alpha value is -2.03. The van der Waals surface area contributed by atoms with Crippen LogP contribution in [0.1, 0.15) is 17.5 Å². The first-order valence-electron chi connectivity index (χ1n) is 6.11. The first-order chi connectivity index (χ1) is 8.78. The van der Waals surface area contributed by atoms with Crippen LogP contribution >= 0.6 is 0 Å². The highest BCUT2D eigenvalue weighted by Crippen LogP contribution is 2.14. The van der Waals surface area contributed by atoms with Gasteiger partial charge in [-0.05, 0) is 54.7 Å². The lowest BCUT2D eigenvalue weighted by atomic mass is 10.0. The number of anilines is 1. The minimum absolute atomic E-state index is 0.594. The fourth-order valence-corrected chi connectivity index (χ4v) is 1.94. The molecular formula is C15H18N2O.